The van der Waals surface area contributed by atoms with Crippen molar-refractivity contribution in [1.29, 1.82) is 0 Å². The third-order valence-electron chi connectivity index (χ3n) is 6.21. The van der Waals surface area contributed by atoms with Gasteiger partial charge in [0.2, 0.25) is 0 Å². The number of rotatable bonds is 11. The van der Waals surface area contributed by atoms with E-state index in [0.29, 0.717) is 11.6 Å². The Kier molecular flexibility index (Phi) is 11.4. The summed E-state index contributed by atoms with van der Waals surface area (Å²) in [4.78, 5) is 2.24. The highest BCUT2D eigenvalue weighted by Gasteiger charge is 2.12. The van der Waals surface area contributed by atoms with Gasteiger partial charge in [0.15, 0.2) is 0 Å². The summed E-state index contributed by atoms with van der Waals surface area (Å²) in [5.74, 6) is 1.16. The zero-order chi connectivity index (χ0) is 25.8. The Morgan fingerprint density at radius 3 is 2.66 bits per heavy atom. The van der Waals surface area contributed by atoms with Crippen molar-refractivity contribution in [3.05, 3.63) is 94.8 Å². The van der Waals surface area contributed by atoms with E-state index in [1.54, 1.807) is 0 Å². The molecule has 0 amide bonds. The van der Waals surface area contributed by atoms with E-state index in [9.17, 15) is 0 Å². The van der Waals surface area contributed by atoms with E-state index in [1.165, 1.54) is 23.1 Å². The lowest BCUT2D eigenvalue weighted by Gasteiger charge is -2.19. The van der Waals surface area contributed by atoms with Gasteiger partial charge in [0.05, 0.1) is 0 Å². The maximum absolute atomic E-state index is 5.88. The summed E-state index contributed by atoms with van der Waals surface area (Å²) >= 11 is 0. The van der Waals surface area contributed by atoms with Crippen LogP contribution in [0.1, 0.15) is 49.8 Å². The molecule has 0 aromatic heterocycles. The first-order valence-corrected chi connectivity index (χ1v) is 12.5. The Balaban J connectivity index is 2.02. The van der Waals surface area contributed by atoms with Gasteiger partial charge in [-0.25, -0.2) is 0 Å². The van der Waals surface area contributed by atoms with Gasteiger partial charge >= 0.3 is 0 Å². The fourth-order valence-corrected chi connectivity index (χ4v) is 4.13. The van der Waals surface area contributed by atoms with Gasteiger partial charge in [-0.15, -0.1) is 5.10 Å². The minimum atomic E-state index is 0.0502. The van der Waals surface area contributed by atoms with E-state index < -0.39 is 0 Å². The first kappa shape index (κ1) is 28.1. The second-order valence-electron chi connectivity index (χ2n) is 9.49. The molecule has 2 atom stereocenters. The molecule has 5 heteroatoms. The molecule has 0 saturated heterocycles. The molecule has 0 bridgehead atoms. The van der Waals surface area contributed by atoms with Crippen molar-refractivity contribution >= 4 is 12.1 Å². The summed E-state index contributed by atoms with van der Waals surface area (Å²) in [5, 5.41) is 12.3. The van der Waals surface area contributed by atoms with Crippen LogP contribution in [0.2, 0.25) is 0 Å². The monoisotopic (exact) mass is 473 g/mol. The average Bonchev–Trinajstić information content (AvgIpc) is 2.99. The molecule has 1 aliphatic rings. The summed E-state index contributed by atoms with van der Waals surface area (Å²) in [6.45, 7) is 14.3. The molecule has 0 aliphatic heterocycles. The van der Waals surface area contributed by atoms with Crippen LogP contribution in [0.3, 0.4) is 0 Å². The Morgan fingerprint density at radius 2 is 1.97 bits per heavy atom. The lowest BCUT2D eigenvalue weighted by molar-refractivity contribution is 0.400. The molecule has 3 N–H and O–H groups in total. The van der Waals surface area contributed by atoms with Gasteiger partial charge in [-0.05, 0) is 94.1 Å². The molecule has 1 aliphatic carbocycles. The van der Waals surface area contributed by atoms with Gasteiger partial charge in [-0.2, -0.15) is 5.10 Å². The SMILES string of the molecule is C=C(N)C1=C(C)C=CC(/C=N/N=C(\C=C/C)NCC(C)c2cccc(CCCN(C)C)c2C)C=C1. The van der Waals surface area contributed by atoms with Crippen molar-refractivity contribution in [1.82, 2.24) is 10.2 Å². The van der Waals surface area contributed by atoms with E-state index in [4.69, 9.17) is 5.73 Å². The zero-order valence-electron chi connectivity index (χ0n) is 22.4. The van der Waals surface area contributed by atoms with Gasteiger partial charge in [0, 0.05) is 24.4 Å². The van der Waals surface area contributed by atoms with E-state index in [1.807, 2.05) is 38.3 Å². The summed E-state index contributed by atoms with van der Waals surface area (Å²) in [6, 6.07) is 6.69. The predicted molar refractivity (Wildman–Crippen MR) is 153 cm³/mol. The van der Waals surface area contributed by atoms with E-state index in [2.05, 4.69) is 91.4 Å². The quantitative estimate of drug-likeness (QED) is 0.247. The normalized spacial score (nSPS) is 17.6. The Labute approximate surface area is 212 Å². The maximum Gasteiger partial charge on any atom is 0.148 e. The number of benzene rings is 1. The fraction of sp³-hybridized carbons (Fsp3) is 0.400. The fourth-order valence-electron chi connectivity index (χ4n) is 4.13. The van der Waals surface area contributed by atoms with Crippen molar-refractivity contribution in [2.24, 2.45) is 21.9 Å². The second kappa shape index (κ2) is 14.3. The lowest BCUT2D eigenvalue weighted by atomic mass is 9.91. The third kappa shape index (κ3) is 9.18. The van der Waals surface area contributed by atoms with E-state index >= 15 is 0 Å². The van der Waals surface area contributed by atoms with Crippen molar-refractivity contribution in [2.45, 2.75) is 46.5 Å². The summed E-state index contributed by atoms with van der Waals surface area (Å²) in [7, 11) is 4.25. The molecule has 188 valence electrons. The molecule has 1 aromatic rings. The number of hydrogen-bond donors (Lipinski definition) is 2. The molecule has 1 aromatic carbocycles. The standard InChI is InChI=1S/C30H43N5/c1-8-11-30(34-33-21-26-16-15-22(2)29(18-17-26)25(5)31)32-20-23(3)28-14-9-12-27(24(28)4)13-10-19-35(6)7/h8-9,11-12,14-18,21,23,26H,5,10,13,19-20,31H2,1-4,6-7H3,(H,32,34)/b11-8-,33-21+. The van der Waals surface area contributed by atoms with Crippen LogP contribution in [0.4, 0.5) is 0 Å². The topological polar surface area (TPSA) is 66.0 Å². The first-order chi connectivity index (χ1) is 16.7. The van der Waals surface area contributed by atoms with Crippen LogP contribution in [0.15, 0.2) is 88.3 Å². The smallest absolute Gasteiger partial charge is 0.148 e. The van der Waals surface area contributed by atoms with Crippen LogP contribution in [-0.2, 0) is 6.42 Å². The molecular formula is C30H43N5. The predicted octanol–water partition coefficient (Wildman–Crippen LogP) is 5.67. The lowest BCUT2D eigenvalue weighted by Crippen LogP contribution is -2.26. The number of nitrogens with zero attached hydrogens (tertiary/aromatic N) is 3. The van der Waals surface area contributed by atoms with Crippen LogP contribution in [-0.4, -0.2) is 44.1 Å². The van der Waals surface area contributed by atoms with Crippen LogP contribution in [0.5, 0.6) is 0 Å². The Hall–Kier alpha value is -3.18. The Morgan fingerprint density at radius 1 is 1.23 bits per heavy atom. The molecule has 0 saturated carbocycles. The van der Waals surface area contributed by atoms with E-state index in [-0.39, 0.29) is 5.92 Å². The molecule has 2 rings (SSSR count). The second-order valence-corrected chi connectivity index (χ2v) is 9.49. The van der Waals surface area contributed by atoms with Crippen LogP contribution >= 0.6 is 0 Å². The van der Waals surface area contributed by atoms with Crippen molar-refractivity contribution < 1.29 is 0 Å². The maximum atomic E-state index is 5.88. The van der Waals surface area contributed by atoms with Gasteiger partial charge in [0.25, 0.3) is 0 Å². The summed E-state index contributed by atoms with van der Waals surface area (Å²) in [6.07, 6.45) is 16.2. The van der Waals surface area contributed by atoms with Crippen molar-refractivity contribution in [3.63, 3.8) is 0 Å². The largest absolute Gasteiger partial charge is 0.399 e. The molecule has 35 heavy (non-hydrogen) atoms. The van der Waals surface area contributed by atoms with Gasteiger partial charge in [0.1, 0.15) is 5.84 Å². The molecular weight excluding hydrogens is 430 g/mol. The Bertz CT molecular complexity index is 1040. The van der Waals surface area contributed by atoms with Crippen LogP contribution < -0.4 is 11.1 Å². The highest BCUT2D eigenvalue weighted by atomic mass is 15.2. The number of hydrogen-bond acceptors (Lipinski definition) is 4. The van der Waals surface area contributed by atoms with Gasteiger partial charge in [-0.1, -0.05) is 62.1 Å². The molecule has 0 heterocycles. The summed E-state index contributed by atoms with van der Waals surface area (Å²) < 4.78 is 0. The number of nitrogens with two attached hydrogens (primary N) is 1. The number of aryl methyl sites for hydroxylation is 1. The van der Waals surface area contributed by atoms with Gasteiger partial charge < -0.3 is 16.0 Å². The molecule has 0 spiro atoms. The zero-order valence-corrected chi connectivity index (χ0v) is 22.4. The molecule has 0 radical (unpaired) electrons. The van der Waals surface area contributed by atoms with Crippen molar-refractivity contribution in [3.8, 4) is 0 Å². The minimum absolute atomic E-state index is 0.0502. The number of nitrogens with one attached hydrogen (secondary N) is 1. The van der Waals surface area contributed by atoms with Crippen molar-refractivity contribution in [2.75, 3.05) is 27.2 Å². The molecule has 2 unspecified atom stereocenters. The third-order valence-corrected chi connectivity index (χ3v) is 6.21. The highest BCUT2D eigenvalue weighted by molar-refractivity contribution is 5.93. The number of allylic oxidation sites excluding steroid dienone is 6. The average molecular weight is 474 g/mol. The molecule has 0 fully saturated rings. The molecule has 5 nitrogen and oxygen atoms in total. The van der Waals surface area contributed by atoms with Gasteiger partial charge in [-0.3, -0.25) is 0 Å². The van der Waals surface area contributed by atoms with Crippen LogP contribution in [0.25, 0.3) is 0 Å². The van der Waals surface area contributed by atoms with Crippen LogP contribution in [0, 0.1) is 12.8 Å². The highest BCUT2D eigenvalue weighted by Crippen LogP contribution is 2.23. The minimum Gasteiger partial charge on any atom is -0.399 e. The number of amidine groups is 1. The summed E-state index contributed by atoms with van der Waals surface area (Å²) in [5.41, 5.74) is 12.7. The van der Waals surface area contributed by atoms with E-state index in [0.717, 1.165) is 36.5 Å². The first-order valence-electron chi connectivity index (χ1n) is 12.5.